The van der Waals surface area contributed by atoms with Crippen LogP contribution in [-0.2, 0) is 0 Å². The number of nitrogens with zero attached hydrogens (tertiary/aromatic N) is 5. The van der Waals surface area contributed by atoms with Crippen LogP contribution in [-0.4, -0.2) is 36.8 Å². The number of rotatable bonds is 6. The summed E-state index contributed by atoms with van der Waals surface area (Å²) in [5, 5.41) is 15.6. The minimum absolute atomic E-state index is 0.186. The van der Waals surface area contributed by atoms with Crippen LogP contribution in [0, 0.1) is 0 Å². The molecule has 2 atom stereocenters. The SMILES string of the molecule is O=c1c(Cl)cccn1-c1ccc(N[C@H]2CC[C@H](Nc3ncc(C4CC4)nn3)C2)nc1. The fourth-order valence-electron chi connectivity index (χ4n) is 3.84. The Hall–Kier alpha value is -3.00. The quantitative estimate of drug-likeness (QED) is 0.627. The van der Waals surface area contributed by atoms with Gasteiger partial charge in [0.1, 0.15) is 10.8 Å². The predicted molar refractivity (Wildman–Crippen MR) is 115 cm³/mol. The summed E-state index contributed by atoms with van der Waals surface area (Å²) in [4.78, 5) is 21.0. The molecular weight excluding hydrogens is 402 g/mol. The first kappa shape index (κ1) is 19.0. The van der Waals surface area contributed by atoms with E-state index in [0.29, 0.717) is 29.6 Å². The highest BCUT2D eigenvalue weighted by molar-refractivity contribution is 6.30. The van der Waals surface area contributed by atoms with Gasteiger partial charge in [-0.1, -0.05) is 11.6 Å². The molecule has 5 rings (SSSR count). The van der Waals surface area contributed by atoms with Gasteiger partial charge in [-0.15, -0.1) is 10.2 Å². The Balaban J connectivity index is 1.17. The monoisotopic (exact) mass is 423 g/mol. The van der Waals surface area contributed by atoms with E-state index in [0.717, 1.165) is 30.8 Å². The number of halogens is 1. The number of nitrogens with one attached hydrogen (secondary N) is 2. The first-order valence-electron chi connectivity index (χ1n) is 10.2. The van der Waals surface area contributed by atoms with E-state index >= 15 is 0 Å². The fourth-order valence-corrected chi connectivity index (χ4v) is 4.00. The molecule has 0 spiro atoms. The van der Waals surface area contributed by atoms with Crippen LogP contribution in [0.1, 0.15) is 43.7 Å². The maximum atomic E-state index is 12.1. The van der Waals surface area contributed by atoms with E-state index in [1.807, 2.05) is 18.3 Å². The summed E-state index contributed by atoms with van der Waals surface area (Å²) in [6, 6.07) is 7.68. The molecular formula is C21H22ClN7O. The van der Waals surface area contributed by atoms with E-state index in [1.54, 1.807) is 24.5 Å². The summed E-state index contributed by atoms with van der Waals surface area (Å²) in [5.74, 6) is 1.95. The van der Waals surface area contributed by atoms with Gasteiger partial charge in [0.15, 0.2) is 0 Å². The van der Waals surface area contributed by atoms with Crippen LogP contribution in [0.25, 0.3) is 5.69 Å². The molecule has 3 aromatic heterocycles. The molecule has 0 aliphatic heterocycles. The van der Waals surface area contributed by atoms with Gasteiger partial charge in [0.05, 0.1) is 23.8 Å². The average molecular weight is 424 g/mol. The number of aromatic nitrogens is 5. The highest BCUT2D eigenvalue weighted by atomic mass is 35.5. The Labute approximate surface area is 178 Å². The highest BCUT2D eigenvalue weighted by Crippen LogP contribution is 2.38. The zero-order valence-electron chi connectivity index (χ0n) is 16.3. The van der Waals surface area contributed by atoms with Gasteiger partial charge in [0, 0.05) is 24.2 Å². The van der Waals surface area contributed by atoms with Gasteiger partial charge in [0.2, 0.25) is 5.95 Å². The maximum absolute atomic E-state index is 12.1. The smallest absolute Gasteiger partial charge is 0.273 e. The number of hydrogen-bond donors (Lipinski definition) is 2. The Kier molecular flexibility index (Phi) is 5.08. The van der Waals surface area contributed by atoms with Crippen molar-refractivity contribution in [2.45, 2.75) is 50.1 Å². The third-order valence-electron chi connectivity index (χ3n) is 5.62. The zero-order chi connectivity index (χ0) is 20.5. The molecule has 0 aromatic carbocycles. The lowest BCUT2D eigenvalue weighted by Gasteiger charge is -2.15. The summed E-state index contributed by atoms with van der Waals surface area (Å²) in [7, 11) is 0. The molecule has 3 heterocycles. The van der Waals surface area contributed by atoms with Crippen LogP contribution in [0.5, 0.6) is 0 Å². The van der Waals surface area contributed by atoms with E-state index in [1.165, 1.54) is 17.4 Å². The molecule has 0 saturated heterocycles. The van der Waals surface area contributed by atoms with Crippen molar-refractivity contribution >= 4 is 23.4 Å². The minimum atomic E-state index is -0.256. The number of pyridine rings is 2. The lowest BCUT2D eigenvalue weighted by molar-refractivity contribution is 0.710. The Bertz CT molecular complexity index is 1080. The van der Waals surface area contributed by atoms with E-state index in [4.69, 9.17) is 11.6 Å². The standard InChI is InChI=1S/C21H22ClN7O/c22-17-2-1-9-29(20(17)30)16-7-8-19(23-11-16)25-14-5-6-15(10-14)26-21-24-12-18(27-28-21)13-3-4-13/h1-2,7-9,11-15H,3-6,10H2,(H,23,25)(H,24,26,28)/t14-,15-/m0/s1. The summed E-state index contributed by atoms with van der Waals surface area (Å²) in [6.45, 7) is 0. The second-order valence-electron chi connectivity index (χ2n) is 7.91. The minimum Gasteiger partial charge on any atom is -0.367 e. The number of hydrogen-bond acceptors (Lipinski definition) is 7. The topological polar surface area (TPSA) is 97.6 Å². The van der Waals surface area contributed by atoms with Crippen molar-refractivity contribution in [3.8, 4) is 5.69 Å². The lowest BCUT2D eigenvalue weighted by Crippen LogP contribution is -2.22. The van der Waals surface area contributed by atoms with Crippen LogP contribution < -0.4 is 16.2 Å². The molecule has 8 nitrogen and oxygen atoms in total. The molecule has 2 N–H and O–H groups in total. The van der Waals surface area contributed by atoms with E-state index in [2.05, 4.69) is 30.8 Å². The maximum Gasteiger partial charge on any atom is 0.273 e. The highest BCUT2D eigenvalue weighted by Gasteiger charge is 2.27. The summed E-state index contributed by atoms with van der Waals surface area (Å²) < 4.78 is 1.48. The van der Waals surface area contributed by atoms with Crippen LogP contribution in [0.3, 0.4) is 0 Å². The molecule has 2 fully saturated rings. The first-order valence-corrected chi connectivity index (χ1v) is 10.6. The first-order chi connectivity index (χ1) is 14.7. The van der Waals surface area contributed by atoms with Crippen molar-refractivity contribution in [2.24, 2.45) is 0 Å². The molecule has 30 heavy (non-hydrogen) atoms. The molecule has 3 aromatic rings. The van der Waals surface area contributed by atoms with E-state index < -0.39 is 0 Å². The zero-order valence-corrected chi connectivity index (χ0v) is 17.1. The van der Waals surface area contributed by atoms with Gasteiger partial charge in [0.25, 0.3) is 5.56 Å². The third kappa shape index (κ3) is 4.14. The van der Waals surface area contributed by atoms with Crippen molar-refractivity contribution in [1.82, 2.24) is 24.7 Å². The lowest BCUT2D eigenvalue weighted by atomic mass is 10.2. The van der Waals surface area contributed by atoms with E-state index in [9.17, 15) is 4.79 Å². The van der Waals surface area contributed by atoms with Crippen molar-refractivity contribution in [3.63, 3.8) is 0 Å². The van der Waals surface area contributed by atoms with Gasteiger partial charge in [-0.25, -0.2) is 9.97 Å². The van der Waals surface area contributed by atoms with Gasteiger partial charge >= 0.3 is 0 Å². The summed E-state index contributed by atoms with van der Waals surface area (Å²) >= 11 is 5.92. The Morgan fingerprint density at radius 1 is 0.967 bits per heavy atom. The summed E-state index contributed by atoms with van der Waals surface area (Å²) in [5.41, 5.74) is 1.42. The van der Waals surface area contributed by atoms with Crippen LogP contribution in [0.15, 0.2) is 47.7 Å². The van der Waals surface area contributed by atoms with Gasteiger partial charge in [-0.3, -0.25) is 9.36 Å². The van der Waals surface area contributed by atoms with Crippen LogP contribution >= 0.6 is 11.6 Å². The largest absolute Gasteiger partial charge is 0.367 e. The van der Waals surface area contributed by atoms with E-state index in [-0.39, 0.29) is 10.6 Å². The second-order valence-corrected chi connectivity index (χ2v) is 8.32. The van der Waals surface area contributed by atoms with Gasteiger partial charge in [-0.2, -0.15) is 0 Å². The van der Waals surface area contributed by atoms with Crippen molar-refractivity contribution in [2.75, 3.05) is 10.6 Å². The van der Waals surface area contributed by atoms with Crippen molar-refractivity contribution < 1.29 is 0 Å². The van der Waals surface area contributed by atoms with Crippen LogP contribution in [0.2, 0.25) is 5.02 Å². The molecule has 2 aliphatic carbocycles. The van der Waals surface area contributed by atoms with Crippen LogP contribution in [0.4, 0.5) is 11.8 Å². The Morgan fingerprint density at radius 3 is 2.50 bits per heavy atom. The second kappa shape index (κ2) is 8.02. The Morgan fingerprint density at radius 2 is 1.80 bits per heavy atom. The number of anilines is 2. The molecule has 2 saturated carbocycles. The molecule has 0 bridgehead atoms. The van der Waals surface area contributed by atoms with Crippen molar-refractivity contribution in [1.29, 1.82) is 0 Å². The third-order valence-corrected chi connectivity index (χ3v) is 5.91. The molecule has 2 aliphatic rings. The molecule has 154 valence electrons. The summed E-state index contributed by atoms with van der Waals surface area (Å²) in [6.07, 6.45) is 10.6. The van der Waals surface area contributed by atoms with Gasteiger partial charge in [-0.05, 0) is 56.4 Å². The molecule has 0 amide bonds. The predicted octanol–water partition coefficient (Wildman–Crippen LogP) is 3.39. The van der Waals surface area contributed by atoms with Gasteiger partial charge < -0.3 is 10.6 Å². The van der Waals surface area contributed by atoms with Crippen molar-refractivity contribution in [3.05, 3.63) is 63.9 Å². The average Bonchev–Trinajstić information content (AvgIpc) is 3.52. The molecule has 0 unspecified atom stereocenters. The molecule has 0 radical (unpaired) electrons. The normalized spacial score (nSPS) is 20.8. The fraction of sp³-hybridized carbons (Fsp3) is 0.381. The molecule has 9 heteroatoms.